The summed E-state index contributed by atoms with van der Waals surface area (Å²) in [5, 5.41) is 6.14. The Morgan fingerprint density at radius 3 is 2.58 bits per heavy atom. The number of hydrogen-bond acceptors (Lipinski definition) is 3. The van der Waals surface area contributed by atoms with Crippen LogP contribution in [0.3, 0.4) is 0 Å². The van der Waals surface area contributed by atoms with Crippen LogP contribution >= 0.6 is 0 Å². The zero-order chi connectivity index (χ0) is 14.1. The third-order valence-corrected chi connectivity index (χ3v) is 3.14. The lowest BCUT2D eigenvalue weighted by Gasteiger charge is -2.24. The number of hydrogen-bond donors (Lipinski definition) is 4. The second-order valence-corrected chi connectivity index (χ2v) is 5.33. The van der Waals surface area contributed by atoms with Crippen molar-refractivity contribution in [2.75, 3.05) is 6.54 Å². The van der Waals surface area contributed by atoms with Crippen molar-refractivity contribution in [1.82, 2.24) is 16.1 Å². The molecule has 0 aliphatic heterocycles. The van der Waals surface area contributed by atoms with Gasteiger partial charge in [0.05, 0.1) is 6.54 Å². The molecule has 6 heteroatoms. The van der Waals surface area contributed by atoms with Crippen molar-refractivity contribution in [2.45, 2.75) is 64.5 Å². The van der Waals surface area contributed by atoms with Crippen molar-refractivity contribution in [3.05, 3.63) is 0 Å². The highest BCUT2D eigenvalue weighted by atomic mass is 16.1. The van der Waals surface area contributed by atoms with E-state index in [1.807, 2.05) is 13.8 Å². The van der Waals surface area contributed by atoms with E-state index in [9.17, 15) is 4.79 Å². The van der Waals surface area contributed by atoms with Gasteiger partial charge in [-0.15, -0.1) is 0 Å². The highest BCUT2D eigenvalue weighted by Crippen LogP contribution is 2.17. The fourth-order valence-electron chi connectivity index (χ4n) is 2.24. The fraction of sp³-hybridized carbons (Fsp3) is 0.846. The van der Waals surface area contributed by atoms with Gasteiger partial charge >= 0.3 is 0 Å². The Morgan fingerprint density at radius 1 is 1.32 bits per heavy atom. The minimum Gasteiger partial charge on any atom is -0.354 e. The third kappa shape index (κ3) is 7.00. The van der Waals surface area contributed by atoms with Gasteiger partial charge in [0, 0.05) is 18.5 Å². The quantitative estimate of drug-likeness (QED) is 0.255. The molecule has 0 unspecified atom stereocenters. The van der Waals surface area contributed by atoms with Gasteiger partial charge in [-0.3, -0.25) is 15.2 Å². The van der Waals surface area contributed by atoms with E-state index < -0.39 is 0 Å². The van der Waals surface area contributed by atoms with Crippen LogP contribution in [0.5, 0.6) is 0 Å². The van der Waals surface area contributed by atoms with Gasteiger partial charge in [-0.1, -0.05) is 19.3 Å². The molecule has 0 saturated heterocycles. The average molecular weight is 269 g/mol. The molecule has 0 bridgehead atoms. The number of carbonyl (C=O) groups is 1. The Kier molecular flexibility index (Phi) is 7.25. The van der Waals surface area contributed by atoms with Crippen LogP contribution in [0, 0.1) is 0 Å². The maximum atomic E-state index is 11.5. The number of aliphatic imine (C=N–C) groups is 1. The Balaban J connectivity index is 2.28. The van der Waals surface area contributed by atoms with Gasteiger partial charge in [0.25, 0.3) is 0 Å². The van der Waals surface area contributed by atoms with Gasteiger partial charge in [0.15, 0.2) is 0 Å². The monoisotopic (exact) mass is 269 g/mol. The second-order valence-electron chi connectivity index (χ2n) is 5.33. The molecule has 19 heavy (non-hydrogen) atoms. The van der Waals surface area contributed by atoms with Gasteiger partial charge < -0.3 is 10.6 Å². The van der Waals surface area contributed by atoms with Crippen LogP contribution in [0.15, 0.2) is 4.99 Å². The maximum absolute atomic E-state index is 11.5. The number of amides is 1. The number of nitrogens with two attached hydrogens (primary N) is 1. The van der Waals surface area contributed by atoms with Gasteiger partial charge in [0.2, 0.25) is 11.9 Å². The van der Waals surface area contributed by atoms with Crippen LogP contribution in [0.4, 0.5) is 0 Å². The van der Waals surface area contributed by atoms with Gasteiger partial charge in [0.1, 0.15) is 0 Å². The number of rotatable bonds is 5. The normalized spacial score (nSPS) is 17.4. The minimum atomic E-state index is 0.0211. The molecule has 1 saturated carbocycles. The van der Waals surface area contributed by atoms with E-state index >= 15 is 0 Å². The Bertz CT molecular complexity index is 297. The molecule has 0 aromatic rings. The molecular formula is C13H27N5O. The summed E-state index contributed by atoms with van der Waals surface area (Å²) in [5.74, 6) is 6.05. The predicted molar refractivity (Wildman–Crippen MR) is 77.5 cm³/mol. The van der Waals surface area contributed by atoms with E-state index in [0.717, 1.165) is 12.8 Å². The van der Waals surface area contributed by atoms with Crippen molar-refractivity contribution in [3.63, 3.8) is 0 Å². The van der Waals surface area contributed by atoms with E-state index in [1.165, 1.54) is 19.3 Å². The number of nitrogens with zero attached hydrogens (tertiary/aromatic N) is 1. The van der Waals surface area contributed by atoms with Crippen LogP contribution < -0.4 is 21.9 Å². The number of guanidine groups is 1. The Hall–Kier alpha value is -1.30. The molecule has 6 nitrogen and oxygen atoms in total. The van der Waals surface area contributed by atoms with Crippen molar-refractivity contribution in [1.29, 1.82) is 0 Å². The van der Waals surface area contributed by atoms with E-state index in [4.69, 9.17) is 5.84 Å². The summed E-state index contributed by atoms with van der Waals surface area (Å²) in [4.78, 5) is 15.8. The molecule has 110 valence electrons. The van der Waals surface area contributed by atoms with Crippen molar-refractivity contribution < 1.29 is 4.79 Å². The molecule has 0 aromatic carbocycles. The minimum absolute atomic E-state index is 0.0211. The second kappa shape index (κ2) is 8.74. The SMILES string of the molecule is CC(C)NC(=O)CCN=C(NN)NC1CCCCC1. The van der Waals surface area contributed by atoms with Crippen LogP contribution in [-0.2, 0) is 4.79 Å². The standard InChI is InChI=1S/C13H27N5O/c1-10(2)16-12(19)8-9-15-13(18-14)17-11-6-4-3-5-7-11/h10-11H,3-9,14H2,1-2H3,(H,16,19)(H2,15,17,18). The molecule has 1 fully saturated rings. The summed E-state index contributed by atoms with van der Waals surface area (Å²) in [7, 11) is 0. The fourth-order valence-corrected chi connectivity index (χ4v) is 2.24. The molecule has 0 spiro atoms. The molecule has 0 atom stereocenters. The molecule has 0 radical (unpaired) electrons. The van der Waals surface area contributed by atoms with Crippen molar-refractivity contribution >= 4 is 11.9 Å². The first-order valence-corrected chi connectivity index (χ1v) is 7.18. The van der Waals surface area contributed by atoms with Crippen LogP contribution in [0.2, 0.25) is 0 Å². The summed E-state index contributed by atoms with van der Waals surface area (Å²) < 4.78 is 0. The number of hydrazine groups is 1. The zero-order valence-corrected chi connectivity index (χ0v) is 12.0. The summed E-state index contributed by atoms with van der Waals surface area (Å²) in [6.07, 6.45) is 6.54. The van der Waals surface area contributed by atoms with Crippen LogP contribution in [0.25, 0.3) is 0 Å². The molecule has 0 heterocycles. The first kappa shape index (κ1) is 15.8. The van der Waals surface area contributed by atoms with Gasteiger partial charge in [-0.05, 0) is 26.7 Å². The summed E-state index contributed by atoms with van der Waals surface area (Å²) in [6, 6.07) is 0.622. The first-order valence-electron chi connectivity index (χ1n) is 7.18. The summed E-state index contributed by atoms with van der Waals surface area (Å²) >= 11 is 0. The summed E-state index contributed by atoms with van der Waals surface area (Å²) in [6.45, 7) is 4.33. The molecule has 5 N–H and O–H groups in total. The lowest BCUT2D eigenvalue weighted by molar-refractivity contribution is -0.121. The van der Waals surface area contributed by atoms with E-state index in [0.29, 0.717) is 25.0 Å². The Morgan fingerprint density at radius 2 is 2.00 bits per heavy atom. The maximum Gasteiger partial charge on any atom is 0.222 e. The predicted octanol–water partition coefficient (Wildman–Crippen LogP) is 0.643. The van der Waals surface area contributed by atoms with Crippen molar-refractivity contribution in [3.8, 4) is 0 Å². The number of carbonyl (C=O) groups excluding carboxylic acids is 1. The topological polar surface area (TPSA) is 91.5 Å². The highest BCUT2D eigenvalue weighted by molar-refractivity contribution is 5.80. The molecular weight excluding hydrogens is 242 g/mol. The molecule has 1 aliphatic rings. The van der Waals surface area contributed by atoms with Crippen LogP contribution in [-0.4, -0.2) is 30.5 Å². The molecule has 1 rings (SSSR count). The summed E-state index contributed by atoms with van der Waals surface area (Å²) in [5.41, 5.74) is 2.57. The molecule has 0 aromatic heterocycles. The smallest absolute Gasteiger partial charge is 0.222 e. The molecule has 1 aliphatic carbocycles. The molecule has 1 amide bonds. The van der Waals surface area contributed by atoms with E-state index in [2.05, 4.69) is 21.1 Å². The highest BCUT2D eigenvalue weighted by Gasteiger charge is 2.14. The lowest BCUT2D eigenvalue weighted by atomic mass is 9.96. The van der Waals surface area contributed by atoms with Crippen molar-refractivity contribution in [2.24, 2.45) is 10.8 Å². The zero-order valence-electron chi connectivity index (χ0n) is 12.0. The Labute approximate surface area is 115 Å². The van der Waals surface area contributed by atoms with Gasteiger partial charge in [-0.2, -0.15) is 0 Å². The van der Waals surface area contributed by atoms with E-state index in [1.54, 1.807) is 0 Å². The third-order valence-electron chi connectivity index (χ3n) is 3.14. The lowest BCUT2D eigenvalue weighted by Crippen LogP contribution is -2.47. The number of nitrogens with one attached hydrogen (secondary N) is 3. The van der Waals surface area contributed by atoms with Crippen LogP contribution in [0.1, 0.15) is 52.4 Å². The first-order chi connectivity index (χ1) is 9.11. The average Bonchev–Trinajstić information content (AvgIpc) is 2.38. The van der Waals surface area contributed by atoms with Gasteiger partial charge in [-0.25, -0.2) is 5.84 Å². The largest absolute Gasteiger partial charge is 0.354 e. The van der Waals surface area contributed by atoms with E-state index in [-0.39, 0.29) is 11.9 Å².